The summed E-state index contributed by atoms with van der Waals surface area (Å²) in [5.74, 6) is 1.01. The SMILES string of the molecule is BrCCCCBr.CC(=O)[S-].CN1C=CN(CCCCBr)C1.CN1C=CN(CCCCS)C1.Cn1ccnc1.[Br-].[Br-].[K+]. The predicted molar refractivity (Wildman–Crippen MR) is 181 cm³/mol. The van der Waals surface area contributed by atoms with Gasteiger partial charge in [-0.25, -0.2) is 4.98 Å². The Hall–Kier alpha value is 2.17. The molecule has 1 aromatic heterocycles. The van der Waals surface area contributed by atoms with Crippen LogP contribution >= 0.6 is 60.4 Å². The van der Waals surface area contributed by atoms with Crippen molar-refractivity contribution in [1.29, 1.82) is 0 Å². The van der Waals surface area contributed by atoms with Crippen LogP contribution in [0.25, 0.3) is 0 Å². The van der Waals surface area contributed by atoms with E-state index in [4.69, 9.17) is 0 Å². The van der Waals surface area contributed by atoms with E-state index in [1.807, 2.05) is 17.8 Å². The Labute approximate surface area is 350 Å². The van der Waals surface area contributed by atoms with Crippen LogP contribution in [0.2, 0.25) is 0 Å². The van der Waals surface area contributed by atoms with Crippen LogP contribution in [0, 0.1) is 0 Å². The van der Waals surface area contributed by atoms with E-state index in [0.29, 0.717) is 0 Å². The number of aryl methyl sites for hydroxylation is 1. The van der Waals surface area contributed by atoms with Crippen LogP contribution in [0.4, 0.5) is 0 Å². The van der Waals surface area contributed by atoms with Crippen molar-refractivity contribution in [1.82, 2.24) is 29.2 Å². The van der Waals surface area contributed by atoms with Crippen molar-refractivity contribution in [3.63, 3.8) is 0 Å². The van der Waals surface area contributed by atoms with Crippen LogP contribution in [-0.4, -0.2) is 96.5 Å². The number of thiol groups is 1. The van der Waals surface area contributed by atoms with Crippen molar-refractivity contribution >= 4 is 78.2 Å². The number of aromatic nitrogens is 2. The van der Waals surface area contributed by atoms with E-state index < -0.39 is 0 Å². The fraction of sp³-hybridized carbons (Fsp3) is 0.692. The second-order valence-electron chi connectivity index (χ2n) is 8.65. The van der Waals surface area contributed by atoms with Gasteiger partial charge in [0.25, 0.3) is 0 Å². The first-order chi connectivity index (χ1) is 18.2. The van der Waals surface area contributed by atoms with Gasteiger partial charge in [0.15, 0.2) is 0 Å². The Morgan fingerprint density at radius 1 is 0.805 bits per heavy atom. The Morgan fingerprint density at radius 3 is 1.44 bits per heavy atom. The minimum absolute atomic E-state index is 0. The van der Waals surface area contributed by atoms with Gasteiger partial charge in [-0.3, -0.25) is 0 Å². The summed E-state index contributed by atoms with van der Waals surface area (Å²) in [4.78, 5) is 22.1. The Bertz CT molecular complexity index is 672. The van der Waals surface area contributed by atoms with E-state index in [2.05, 4.69) is 137 Å². The minimum Gasteiger partial charge on any atom is -1.00 e. The number of carbonyl (C=O) groups excluding carboxylic acids is 1. The molecule has 1 aromatic rings. The molecule has 238 valence electrons. The summed E-state index contributed by atoms with van der Waals surface area (Å²) in [6.45, 7) is 5.80. The summed E-state index contributed by atoms with van der Waals surface area (Å²) < 4.78 is 1.89. The molecule has 2 aliphatic rings. The molecule has 0 saturated carbocycles. The summed E-state index contributed by atoms with van der Waals surface area (Å²) in [6, 6.07) is 0. The third-order valence-electron chi connectivity index (χ3n) is 4.71. The van der Waals surface area contributed by atoms with E-state index in [0.717, 1.165) is 35.1 Å². The zero-order valence-corrected chi connectivity index (χ0v) is 38.0. The maximum absolute atomic E-state index is 9.26. The molecule has 0 radical (unpaired) electrons. The monoisotopic (exact) mass is 958 g/mol. The van der Waals surface area contributed by atoms with E-state index in [9.17, 15) is 4.79 Å². The van der Waals surface area contributed by atoms with E-state index in [-0.39, 0.29) is 90.5 Å². The third-order valence-corrected chi connectivity index (χ3v) is 6.71. The van der Waals surface area contributed by atoms with Crippen LogP contribution in [0.3, 0.4) is 0 Å². The Kier molecular flexibility index (Phi) is 51.6. The molecule has 0 bridgehead atoms. The standard InChI is InChI=1S/C8H15BrN2.C8H16N2S.C4H8Br2.C4H6N2.C2H4OS.2BrH.K/c1-10-6-7-11(8-10)5-3-2-4-9;1-9-5-6-10(8-9)4-2-3-7-11;5-3-1-2-4-6;1-6-3-2-5-4-6;1-2(3)4;;;/h6-7H,2-5,8H2,1H3;5-6,11H,2-4,7-8H2,1H3;1-4H2;2-4H,1H3;1H3,(H,3,4);2*1H;/q;;;;;;;+1/p-3. The molecule has 0 fully saturated rings. The first-order valence-corrected chi connectivity index (χ1v) is 17.2. The van der Waals surface area contributed by atoms with E-state index >= 15 is 0 Å². The molecular formula is C26H48Br5KN6OS2-2. The number of nitrogens with zero attached hydrogens (tertiary/aromatic N) is 6. The number of alkyl halides is 3. The van der Waals surface area contributed by atoms with Gasteiger partial charge in [0.05, 0.1) is 19.7 Å². The average Bonchev–Trinajstić information content (AvgIpc) is 3.62. The summed E-state index contributed by atoms with van der Waals surface area (Å²) in [5, 5.41) is 3.15. The second kappa shape index (κ2) is 40.2. The smallest absolute Gasteiger partial charge is 1.00 e. The minimum atomic E-state index is -0.250. The van der Waals surface area contributed by atoms with Gasteiger partial charge >= 0.3 is 51.4 Å². The zero-order valence-electron chi connectivity index (χ0n) is 25.3. The maximum atomic E-state index is 9.26. The van der Waals surface area contributed by atoms with Gasteiger partial charge in [0.1, 0.15) is 0 Å². The first-order valence-electron chi connectivity index (χ1n) is 12.8. The molecule has 2 aliphatic heterocycles. The fourth-order valence-corrected chi connectivity index (χ4v) is 4.23. The van der Waals surface area contributed by atoms with Gasteiger partial charge in [0, 0.05) is 92.5 Å². The number of imidazole rings is 1. The molecule has 0 aliphatic carbocycles. The molecule has 0 atom stereocenters. The molecule has 0 spiro atoms. The topological polar surface area (TPSA) is 47.9 Å². The Balaban J connectivity index is -0.000000135. The largest absolute Gasteiger partial charge is 1.00 e. The predicted octanol–water partition coefficient (Wildman–Crippen LogP) is -2.72. The normalized spacial score (nSPS) is 12.1. The van der Waals surface area contributed by atoms with E-state index in [1.165, 1.54) is 58.5 Å². The third kappa shape index (κ3) is 42.2. The summed E-state index contributed by atoms with van der Waals surface area (Å²) in [5.41, 5.74) is 0. The summed E-state index contributed by atoms with van der Waals surface area (Å²) in [6.07, 6.45) is 21.5. The van der Waals surface area contributed by atoms with Crippen LogP contribution in [-0.2, 0) is 24.5 Å². The van der Waals surface area contributed by atoms with Crippen molar-refractivity contribution in [2.24, 2.45) is 7.05 Å². The summed E-state index contributed by atoms with van der Waals surface area (Å²) >= 11 is 18.2. The van der Waals surface area contributed by atoms with Crippen molar-refractivity contribution in [2.45, 2.75) is 45.4 Å². The molecule has 41 heavy (non-hydrogen) atoms. The number of halogens is 5. The van der Waals surface area contributed by atoms with E-state index in [1.54, 1.807) is 12.5 Å². The van der Waals surface area contributed by atoms with Crippen molar-refractivity contribution < 1.29 is 90.1 Å². The molecule has 0 N–H and O–H groups in total. The molecule has 3 heterocycles. The van der Waals surface area contributed by atoms with Gasteiger partial charge in [-0.2, -0.15) is 12.6 Å². The van der Waals surface area contributed by atoms with Gasteiger partial charge in [0.2, 0.25) is 0 Å². The van der Waals surface area contributed by atoms with Gasteiger partial charge in [-0.1, -0.05) is 47.8 Å². The molecule has 0 unspecified atom stereocenters. The molecular weight excluding hydrogens is 915 g/mol. The molecule has 0 aromatic carbocycles. The first kappa shape index (κ1) is 52.7. The number of hydrogen-bond donors (Lipinski definition) is 1. The van der Waals surface area contributed by atoms with Crippen molar-refractivity contribution in [2.75, 3.05) is 62.3 Å². The Morgan fingerprint density at radius 2 is 1.20 bits per heavy atom. The van der Waals surface area contributed by atoms with Gasteiger partial charge in [-0.15, -0.1) is 0 Å². The molecule has 3 rings (SSSR count). The molecule has 0 saturated heterocycles. The van der Waals surface area contributed by atoms with Crippen LogP contribution < -0.4 is 85.3 Å². The van der Waals surface area contributed by atoms with Gasteiger partial charge in [-0.05, 0) is 51.2 Å². The maximum Gasteiger partial charge on any atom is 1.00 e. The molecule has 0 amide bonds. The number of rotatable bonds is 11. The fourth-order valence-electron chi connectivity index (χ4n) is 2.82. The van der Waals surface area contributed by atoms with Crippen molar-refractivity contribution in [3.8, 4) is 0 Å². The van der Waals surface area contributed by atoms with Crippen LogP contribution in [0.1, 0.15) is 45.4 Å². The molecule has 7 nitrogen and oxygen atoms in total. The van der Waals surface area contributed by atoms with Crippen LogP contribution in [0.5, 0.6) is 0 Å². The zero-order chi connectivity index (χ0) is 29.0. The van der Waals surface area contributed by atoms with Crippen LogP contribution in [0.15, 0.2) is 43.5 Å². The second-order valence-corrected chi connectivity index (χ2v) is 12.1. The quantitative estimate of drug-likeness (QED) is 0.0853. The number of carbonyl (C=O) groups is 1. The average molecular weight is 963 g/mol. The summed E-state index contributed by atoms with van der Waals surface area (Å²) in [7, 11) is 6.13. The number of unbranched alkanes of at least 4 members (excludes halogenated alkanes) is 3. The van der Waals surface area contributed by atoms with Crippen molar-refractivity contribution in [3.05, 3.63) is 43.5 Å². The van der Waals surface area contributed by atoms with Gasteiger partial charge < -0.3 is 75.6 Å². The molecule has 15 heteroatoms. The number of hydrogen-bond acceptors (Lipinski definition) is 8.